The topological polar surface area (TPSA) is 121 Å². The van der Waals surface area contributed by atoms with Gasteiger partial charge in [-0.2, -0.15) is 5.10 Å². The first-order valence-electron chi connectivity index (χ1n) is 12.7. The Bertz CT molecular complexity index is 1710. The summed E-state index contributed by atoms with van der Waals surface area (Å²) in [4.78, 5) is 31.9. The van der Waals surface area contributed by atoms with Crippen molar-refractivity contribution in [3.8, 4) is 17.1 Å². The van der Waals surface area contributed by atoms with Crippen LogP contribution >= 0.6 is 0 Å². The number of hydrogen-bond donors (Lipinski definition) is 2. The number of benzene rings is 3. The van der Waals surface area contributed by atoms with Gasteiger partial charge in [-0.25, -0.2) is 18.5 Å². The molecule has 0 bridgehead atoms. The van der Waals surface area contributed by atoms with Crippen LogP contribution in [-0.4, -0.2) is 50.9 Å². The molecule has 208 valence electrons. The van der Waals surface area contributed by atoms with E-state index >= 15 is 4.39 Å². The van der Waals surface area contributed by atoms with Gasteiger partial charge in [-0.05, 0) is 29.4 Å². The Morgan fingerprint density at radius 2 is 1.90 bits per heavy atom. The van der Waals surface area contributed by atoms with Crippen LogP contribution in [0.25, 0.3) is 11.3 Å². The molecule has 0 saturated heterocycles. The molecule has 3 heterocycles. The fourth-order valence-electron chi connectivity index (χ4n) is 4.81. The smallest absolute Gasteiger partial charge is 0.269 e. The molecular weight excluding hydrogens is 552 g/mol. The fourth-order valence-corrected chi connectivity index (χ4v) is 5.33. The Hall–Kier alpha value is -4.55. The Morgan fingerprint density at radius 3 is 2.66 bits per heavy atom. The third kappa shape index (κ3) is 4.96. The number of hydrogen-bond acceptors (Lipinski definition) is 6. The fraction of sp³-hybridized carbons (Fsp3) is 0.172. The number of carbonyl (C=O) groups is 2. The number of halogens is 2. The van der Waals surface area contributed by atoms with Crippen molar-refractivity contribution in [3.05, 3.63) is 95.1 Å². The van der Waals surface area contributed by atoms with Crippen molar-refractivity contribution in [1.82, 2.24) is 15.1 Å². The number of nitrogens with zero attached hydrogens (tertiary/aromatic N) is 3. The van der Waals surface area contributed by atoms with Crippen molar-refractivity contribution in [2.75, 3.05) is 18.2 Å². The van der Waals surface area contributed by atoms with Crippen LogP contribution in [0.2, 0.25) is 0 Å². The lowest BCUT2D eigenvalue weighted by Gasteiger charge is -2.17. The number of aryl methyl sites for hydroxylation is 1. The first-order valence-corrected chi connectivity index (χ1v) is 14.3. The van der Waals surface area contributed by atoms with Gasteiger partial charge in [-0.15, -0.1) is 0 Å². The molecule has 2 amide bonds. The van der Waals surface area contributed by atoms with Crippen molar-refractivity contribution in [2.45, 2.75) is 24.0 Å². The number of aliphatic imine (C=N–C) groups is 1. The number of rotatable bonds is 5. The van der Waals surface area contributed by atoms with Crippen LogP contribution in [0.15, 0.2) is 76.6 Å². The minimum Gasteiger partial charge on any atom is -0.612 e. The number of nitrogens with one attached hydrogen (secondary N) is 2. The van der Waals surface area contributed by atoms with Gasteiger partial charge in [0, 0.05) is 35.7 Å². The van der Waals surface area contributed by atoms with Gasteiger partial charge in [0.1, 0.15) is 29.1 Å². The summed E-state index contributed by atoms with van der Waals surface area (Å²) in [6.07, 6.45) is 0.597. The first kappa shape index (κ1) is 26.7. The predicted molar refractivity (Wildman–Crippen MR) is 148 cm³/mol. The van der Waals surface area contributed by atoms with Gasteiger partial charge >= 0.3 is 0 Å². The number of amides is 2. The summed E-state index contributed by atoms with van der Waals surface area (Å²) in [6, 6.07) is 17.3. The second kappa shape index (κ2) is 10.8. The van der Waals surface area contributed by atoms with Gasteiger partial charge in [-0.1, -0.05) is 42.5 Å². The second-order valence-electron chi connectivity index (χ2n) is 9.42. The van der Waals surface area contributed by atoms with Crippen LogP contribution in [0.5, 0.6) is 5.88 Å². The molecule has 41 heavy (non-hydrogen) atoms. The van der Waals surface area contributed by atoms with E-state index < -0.39 is 40.8 Å². The van der Waals surface area contributed by atoms with E-state index in [2.05, 4.69) is 20.7 Å². The summed E-state index contributed by atoms with van der Waals surface area (Å²) in [5.41, 5.74) is 1.13. The molecule has 3 aromatic carbocycles. The highest BCUT2D eigenvalue weighted by molar-refractivity contribution is 7.90. The maximum absolute atomic E-state index is 15.2. The monoisotopic (exact) mass is 575 g/mol. The largest absolute Gasteiger partial charge is 0.612 e. The summed E-state index contributed by atoms with van der Waals surface area (Å²) in [5.74, 6) is -2.79. The lowest BCUT2D eigenvalue weighted by atomic mass is 10.0. The average molecular weight is 576 g/mol. The van der Waals surface area contributed by atoms with E-state index in [0.717, 1.165) is 6.07 Å². The van der Waals surface area contributed by atoms with Gasteiger partial charge < -0.3 is 19.9 Å². The zero-order chi connectivity index (χ0) is 28.7. The van der Waals surface area contributed by atoms with Gasteiger partial charge in [0.05, 0.1) is 18.0 Å². The van der Waals surface area contributed by atoms with E-state index in [1.54, 1.807) is 30.3 Å². The molecule has 12 heteroatoms. The highest BCUT2D eigenvalue weighted by Crippen LogP contribution is 2.35. The number of ether oxygens (including phenoxy) is 1. The van der Waals surface area contributed by atoms with E-state index in [-0.39, 0.29) is 33.3 Å². The van der Waals surface area contributed by atoms with E-state index in [4.69, 9.17) is 4.74 Å². The van der Waals surface area contributed by atoms with Crippen LogP contribution in [0, 0.1) is 11.6 Å². The summed E-state index contributed by atoms with van der Waals surface area (Å²) >= 11 is -1.41. The number of aromatic nitrogens is 2. The minimum absolute atomic E-state index is 0.000887. The SMILES string of the molecule is C[S+]([O-])c1ccc(-c2nn3c(c2C(=O)N[C@H]2N=C(c4ccccc4)c4cccc(F)c4NC2=O)OCCC3)c(F)c1. The summed E-state index contributed by atoms with van der Waals surface area (Å²) in [5, 5.41) is 9.59. The maximum Gasteiger partial charge on any atom is 0.269 e. The molecule has 2 atom stereocenters. The van der Waals surface area contributed by atoms with Gasteiger partial charge in [0.25, 0.3) is 11.8 Å². The van der Waals surface area contributed by atoms with Crippen molar-refractivity contribution in [3.63, 3.8) is 0 Å². The molecule has 2 aliphatic rings. The van der Waals surface area contributed by atoms with Gasteiger partial charge in [0.15, 0.2) is 4.90 Å². The lowest BCUT2D eigenvalue weighted by Crippen LogP contribution is -2.42. The van der Waals surface area contributed by atoms with Gasteiger partial charge in [-0.3, -0.25) is 9.59 Å². The molecular formula is C29H23F2N5O4S. The van der Waals surface area contributed by atoms with E-state index in [0.29, 0.717) is 36.4 Å². The van der Waals surface area contributed by atoms with Crippen LogP contribution in [0.1, 0.15) is 27.9 Å². The Kier molecular flexibility index (Phi) is 7.01. The molecule has 0 spiro atoms. The van der Waals surface area contributed by atoms with Crippen molar-refractivity contribution in [2.24, 2.45) is 4.99 Å². The van der Waals surface area contributed by atoms with Crippen LogP contribution in [0.4, 0.5) is 14.5 Å². The molecule has 4 aromatic rings. The summed E-state index contributed by atoms with van der Waals surface area (Å²) in [6.45, 7) is 0.750. The Labute approximate surface area is 236 Å². The second-order valence-corrected chi connectivity index (χ2v) is 10.8. The molecule has 1 aromatic heterocycles. The van der Waals surface area contributed by atoms with E-state index in [9.17, 15) is 18.5 Å². The third-order valence-corrected chi connectivity index (χ3v) is 7.67. The molecule has 0 aliphatic carbocycles. The molecule has 1 unspecified atom stereocenters. The zero-order valence-corrected chi connectivity index (χ0v) is 22.5. The first-order chi connectivity index (χ1) is 19.8. The number of fused-ring (bicyclic) bond motifs is 2. The Morgan fingerprint density at radius 1 is 1.10 bits per heavy atom. The lowest BCUT2D eigenvalue weighted by molar-refractivity contribution is -0.117. The quantitative estimate of drug-likeness (QED) is 0.350. The minimum atomic E-state index is -1.47. The molecule has 0 radical (unpaired) electrons. The van der Waals surface area contributed by atoms with E-state index in [1.807, 2.05) is 6.07 Å². The molecule has 9 nitrogen and oxygen atoms in total. The van der Waals surface area contributed by atoms with Crippen LogP contribution in [-0.2, 0) is 22.5 Å². The van der Waals surface area contributed by atoms with Crippen LogP contribution < -0.4 is 15.4 Å². The predicted octanol–water partition coefficient (Wildman–Crippen LogP) is 3.89. The summed E-state index contributed by atoms with van der Waals surface area (Å²) < 4.78 is 49.1. The van der Waals surface area contributed by atoms with Crippen LogP contribution in [0.3, 0.4) is 0 Å². The van der Waals surface area contributed by atoms with Gasteiger partial charge in [0.2, 0.25) is 12.0 Å². The number of para-hydroxylation sites is 1. The zero-order valence-electron chi connectivity index (χ0n) is 21.7. The average Bonchev–Trinajstić information content (AvgIpc) is 3.29. The molecule has 0 saturated carbocycles. The third-order valence-electron chi connectivity index (χ3n) is 6.75. The Balaban J connectivity index is 1.43. The van der Waals surface area contributed by atoms with Crippen molar-refractivity contribution in [1.29, 1.82) is 0 Å². The molecule has 0 fully saturated rings. The number of anilines is 1. The molecule has 2 aliphatic heterocycles. The van der Waals surface area contributed by atoms with Crippen molar-refractivity contribution < 1.29 is 27.7 Å². The van der Waals surface area contributed by atoms with Crippen molar-refractivity contribution >= 4 is 34.4 Å². The summed E-state index contributed by atoms with van der Waals surface area (Å²) in [7, 11) is 0. The molecule has 6 rings (SSSR count). The normalized spacial score (nSPS) is 16.8. The maximum atomic E-state index is 15.2. The molecule has 2 N–H and O–H groups in total. The standard InChI is InChI=1S/C29H23F2N5O4S/c1-41(39)17-11-12-18(21(31)15-17)25-22(29-36(35-25)13-6-14-40-29)27(37)34-26-28(38)33-24-19(9-5-10-20(24)30)23(32-26)16-7-3-2-4-8-16/h2-5,7-12,15,26H,6,13-14H2,1H3,(H,33,38)(H,34,37)/t26-,41?/m1/s1. The highest BCUT2D eigenvalue weighted by Gasteiger charge is 2.34. The number of benzodiazepines with no additional fused rings is 1. The highest BCUT2D eigenvalue weighted by atomic mass is 32.2. The van der Waals surface area contributed by atoms with E-state index in [1.165, 1.54) is 35.2 Å². The number of carbonyl (C=O) groups excluding carboxylic acids is 2.